The summed E-state index contributed by atoms with van der Waals surface area (Å²) in [6.07, 6.45) is 0. The Morgan fingerprint density at radius 1 is 0.385 bits per heavy atom. The van der Waals surface area contributed by atoms with Crippen LogP contribution in [0.5, 0.6) is 0 Å². The van der Waals surface area contributed by atoms with Crippen molar-refractivity contribution in [2.45, 2.75) is 0 Å². The normalized spacial score (nSPS) is 17.4. The number of hydrogen-bond acceptors (Lipinski definition) is 2. The van der Waals surface area contributed by atoms with Gasteiger partial charge in [0.1, 0.15) is 11.2 Å². The second-order valence-corrected chi connectivity index (χ2v) is 11.6. The van der Waals surface area contributed by atoms with E-state index >= 15 is 0 Å². The SMILES string of the molecule is [2H]c1c([2H])c(N(c2cccc(-c3cccc4ccccc34)c2)c2c([2H])c([2H])c(-c3c([2H])c([2H])c([2H])c4c([2H])c([2H])c([2H])c([2H])c34)c([2H])c2[2H])c([2H])c([2H])c1-c1c([2H])c([2H])c([2H])c2c1oc1c([2H])c([2H])c([2H])c([2H])c12. The van der Waals surface area contributed by atoms with Crippen molar-refractivity contribution in [3.8, 4) is 33.4 Å². The maximum atomic E-state index is 9.68. The van der Waals surface area contributed by atoms with Gasteiger partial charge in [-0.05, 0) is 91.7 Å². The lowest BCUT2D eigenvalue weighted by molar-refractivity contribution is 0.670. The van der Waals surface area contributed by atoms with Crippen LogP contribution in [-0.4, -0.2) is 0 Å². The van der Waals surface area contributed by atoms with E-state index < -0.39 is 189 Å². The van der Waals surface area contributed by atoms with Crippen molar-refractivity contribution < 1.29 is 34.6 Å². The number of fused-ring (bicyclic) bond motifs is 5. The first-order chi connectivity index (χ1) is 35.0. The van der Waals surface area contributed by atoms with Crippen molar-refractivity contribution in [3.05, 3.63) is 200 Å². The molecule has 2 nitrogen and oxygen atoms in total. The molecule has 1 heterocycles. The number of benzene rings is 9. The van der Waals surface area contributed by atoms with Crippen LogP contribution >= 0.6 is 0 Å². The van der Waals surface area contributed by atoms with E-state index in [2.05, 4.69) is 0 Å². The molecule has 0 aliphatic heterocycles. The highest BCUT2D eigenvalue weighted by Gasteiger charge is 2.17. The van der Waals surface area contributed by atoms with Crippen LogP contribution in [0.25, 0.3) is 76.9 Å². The van der Waals surface area contributed by atoms with E-state index in [9.17, 15) is 11.0 Å². The van der Waals surface area contributed by atoms with Gasteiger partial charge in [-0.2, -0.15) is 0 Å². The van der Waals surface area contributed by atoms with Crippen molar-refractivity contribution in [3.63, 3.8) is 0 Å². The molecule has 0 N–H and O–H groups in total. The molecular formula is C50H33NO. The largest absolute Gasteiger partial charge is 0.455 e. The fourth-order valence-electron chi connectivity index (χ4n) is 6.25. The van der Waals surface area contributed by atoms with E-state index in [4.69, 9.17) is 23.6 Å². The van der Waals surface area contributed by atoms with Crippen LogP contribution in [-0.2, 0) is 0 Å². The van der Waals surface area contributed by atoms with Crippen molar-refractivity contribution in [2.24, 2.45) is 0 Å². The van der Waals surface area contributed by atoms with Gasteiger partial charge in [0.25, 0.3) is 0 Å². The zero-order valence-corrected chi connectivity index (χ0v) is 26.7. The molecule has 0 spiro atoms. The number of hydrogen-bond donors (Lipinski definition) is 0. The molecule has 0 fully saturated rings. The Bertz CT molecular complexity index is 4120. The molecule has 9 aromatic carbocycles. The maximum absolute atomic E-state index is 9.68. The Balaban J connectivity index is 1.31. The topological polar surface area (TPSA) is 16.4 Å². The van der Waals surface area contributed by atoms with Crippen molar-refractivity contribution in [1.29, 1.82) is 0 Å². The number of nitrogens with zero attached hydrogens (tertiary/aromatic N) is 1. The Kier molecular flexibility index (Phi) is 3.63. The van der Waals surface area contributed by atoms with Gasteiger partial charge in [-0.1, -0.05) is 157 Å². The van der Waals surface area contributed by atoms with Gasteiger partial charge >= 0.3 is 0 Å². The molecule has 0 radical (unpaired) electrons. The van der Waals surface area contributed by atoms with E-state index in [-0.39, 0.29) is 16.5 Å². The first kappa shape index (κ1) is 15.1. The lowest BCUT2D eigenvalue weighted by Gasteiger charge is -2.26. The fourth-order valence-corrected chi connectivity index (χ4v) is 6.25. The van der Waals surface area contributed by atoms with E-state index in [0.717, 1.165) is 15.7 Å². The minimum atomic E-state index is -0.916. The number of anilines is 3. The molecule has 10 aromatic rings. The smallest absolute Gasteiger partial charge is 0.143 e. The molecule has 0 aliphatic carbocycles. The standard InChI is InChI=1S/C50H33NO/c1-3-17-42-34(11-1)13-8-20-44(42)36-25-29-39(30-26-36)51(41-16-7-15-38(33-41)45-21-9-14-35-12-2-4-18-43(35)45)40-31-27-37(28-32-40)46-22-10-23-48-47-19-5-6-24-49(47)52-50(46)48/h1-33H/i1D,3D,5D,6D,8D,10D,11D,13D,17D,19D,20D,22D,23D,24D,25D,26D,27D,28D,29D,30D,31D,32D. The third-order valence-corrected chi connectivity index (χ3v) is 8.62. The highest BCUT2D eigenvalue weighted by molar-refractivity contribution is 6.09. The van der Waals surface area contributed by atoms with Crippen LogP contribution in [0, 0.1) is 0 Å². The minimum absolute atomic E-state index is 0.0264. The van der Waals surface area contributed by atoms with Crippen LogP contribution < -0.4 is 4.90 Å². The van der Waals surface area contributed by atoms with Crippen LogP contribution in [0.1, 0.15) is 30.2 Å². The summed E-state index contributed by atoms with van der Waals surface area (Å²) in [4.78, 5) is 0.976. The molecule has 0 amide bonds. The van der Waals surface area contributed by atoms with Crippen LogP contribution in [0.3, 0.4) is 0 Å². The van der Waals surface area contributed by atoms with Crippen molar-refractivity contribution in [2.75, 3.05) is 4.90 Å². The summed E-state index contributed by atoms with van der Waals surface area (Å²) in [5, 5.41) is -0.0242. The number of rotatable bonds is 6. The minimum Gasteiger partial charge on any atom is -0.455 e. The molecule has 1 aromatic heterocycles. The molecule has 0 saturated carbocycles. The molecule has 0 saturated heterocycles. The van der Waals surface area contributed by atoms with Gasteiger partial charge < -0.3 is 9.32 Å². The molecule has 0 bridgehead atoms. The quantitative estimate of drug-likeness (QED) is 0.173. The van der Waals surface area contributed by atoms with Gasteiger partial charge in [0.2, 0.25) is 0 Å². The van der Waals surface area contributed by atoms with Crippen molar-refractivity contribution in [1.82, 2.24) is 0 Å². The Morgan fingerprint density at radius 2 is 1.02 bits per heavy atom. The summed E-state index contributed by atoms with van der Waals surface area (Å²) >= 11 is 0. The van der Waals surface area contributed by atoms with Crippen LogP contribution in [0.15, 0.2) is 204 Å². The third-order valence-electron chi connectivity index (χ3n) is 8.62. The molecule has 0 unspecified atom stereocenters. The molecule has 2 heteroatoms. The van der Waals surface area contributed by atoms with Crippen LogP contribution in [0.2, 0.25) is 0 Å². The highest BCUT2D eigenvalue weighted by Crippen LogP contribution is 2.41. The summed E-state index contributed by atoms with van der Waals surface area (Å²) in [5.74, 6) is 0. The summed E-state index contributed by atoms with van der Waals surface area (Å²) in [6, 6.07) is 1.64. The molecule has 10 rings (SSSR count). The first-order valence-corrected chi connectivity index (χ1v) is 16.0. The van der Waals surface area contributed by atoms with E-state index in [1.807, 2.05) is 42.5 Å². The zero-order valence-electron chi connectivity index (χ0n) is 48.7. The van der Waals surface area contributed by atoms with E-state index in [0.29, 0.717) is 11.1 Å². The Hall–Kier alpha value is -6.90. The average molecular weight is 686 g/mol. The second-order valence-electron chi connectivity index (χ2n) is 11.6. The van der Waals surface area contributed by atoms with E-state index in [1.165, 1.54) is 6.07 Å². The molecule has 0 aliphatic rings. The lowest BCUT2D eigenvalue weighted by Crippen LogP contribution is -2.10. The lowest BCUT2D eigenvalue weighted by atomic mass is 9.97. The van der Waals surface area contributed by atoms with Crippen molar-refractivity contribution >= 4 is 60.5 Å². The molecule has 0 atom stereocenters. The second kappa shape index (κ2) is 12.5. The highest BCUT2D eigenvalue weighted by atomic mass is 16.3. The monoisotopic (exact) mass is 685 g/mol. The van der Waals surface area contributed by atoms with Gasteiger partial charge in [0.15, 0.2) is 0 Å². The summed E-state index contributed by atoms with van der Waals surface area (Å²) in [5.41, 5.74) is -3.59. The molecular weight excluding hydrogens is 631 g/mol. The van der Waals surface area contributed by atoms with Gasteiger partial charge in [-0.25, -0.2) is 0 Å². The maximum Gasteiger partial charge on any atom is 0.143 e. The zero-order chi connectivity index (χ0) is 53.6. The summed E-state index contributed by atoms with van der Waals surface area (Å²) in [7, 11) is 0. The molecule has 244 valence electrons. The number of para-hydroxylation sites is 2. The van der Waals surface area contributed by atoms with E-state index in [1.54, 1.807) is 18.2 Å². The molecule has 52 heavy (non-hydrogen) atoms. The first-order valence-electron chi connectivity index (χ1n) is 27.0. The van der Waals surface area contributed by atoms with Crippen LogP contribution in [0.4, 0.5) is 17.1 Å². The average Bonchev–Trinajstić information content (AvgIpc) is 3.80. The van der Waals surface area contributed by atoms with Gasteiger partial charge in [-0.15, -0.1) is 0 Å². The van der Waals surface area contributed by atoms with Gasteiger partial charge in [0.05, 0.1) is 30.2 Å². The third kappa shape index (κ3) is 5.12. The predicted molar refractivity (Wildman–Crippen MR) is 220 cm³/mol. The fraction of sp³-hybridized carbons (Fsp3) is 0. The summed E-state index contributed by atoms with van der Waals surface area (Å²) in [6.45, 7) is 0. The Labute approximate surface area is 333 Å². The van der Waals surface area contributed by atoms with Gasteiger partial charge in [0, 0.05) is 33.4 Å². The van der Waals surface area contributed by atoms with Gasteiger partial charge in [-0.3, -0.25) is 0 Å². The number of furan rings is 1. The predicted octanol–water partition coefficient (Wildman–Crippen LogP) is 14.4. The summed E-state index contributed by atoms with van der Waals surface area (Å²) < 4.78 is 203. The Morgan fingerprint density at radius 3 is 1.87 bits per heavy atom.